The molecule has 0 N–H and O–H groups in total. The minimum atomic E-state index is -0.0411. The van der Waals surface area contributed by atoms with Gasteiger partial charge in [-0.2, -0.15) is 0 Å². The molecule has 160 valence electrons. The summed E-state index contributed by atoms with van der Waals surface area (Å²) < 4.78 is 0. The molecule has 0 atom stereocenters. The van der Waals surface area contributed by atoms with Crippen molar-refractivity contribution in [3.8, 4) is 23.7 Å². The van der Waals surface area contributed by atoms with E-state index in [1.165, 1.54) is 21.9 Å². The third-order valence-corrected chi connectivity index (χ3v) is 4.95. The monoisotopic (exact) mass is 400 g/mol. The van der Waals surface area contributed by atoms with Crippen LogP contribution in [0, 0.1) is 34.5 Å². The molecule has 0 saturated carbocycles. The van der Waals surface area contributed by atoms with Crippen molar-refractivity contribution in [1.29, 1.82) is 0 Å². The molecule has 0 aliphatic carbocycles. The van der Waals surface area contributed by atoms with Gasteiger partial charge in [-0.3, -0.25) is 0 Å². The van der Waals surface area contributed by atoms with Gasteiger partial charge < -0.3 is 0 Å². The molecule has 0 saturated heterocycles. The van der Waals surface area contributed by atoms with E-state index >= 15 is 0 Å². The van der Waals surface area contributed by atoms with E-state index in [1.807, 2.05) is 0 Å². The lowest BCUT2D eigenvalue weighted by Crippen LogP contribution is -2.13. The zero-order valence-corrected chi connectivity index (χ0v) is 21.3. The largest absolute Gasteiger partial charge is 0.0919 e. The zero-order chi connectivity index (χ0) is 23.1. The van der Waals surface area contributed by atoms with Crippen LogP contribution >= 0.6 is 0 Å². The van der Waals surface area contributed by atoms with Gasteiger partial charge in [0.05, 0.1) is 0 Å². The van der Waals surface area contributed by atoms with Crippen LogP contribution in [0.25, 0.3) is 10.8 Å². The highest BCUT2D eigenvalue weighted by Gasteiger charge is 2.21. The van der Waals surface area contributed by atoms with Crippen molar-refractivity contribution in [2.75, 3.05) is 0 Å². The summed E-state index contributed by atoms with van der Waals surface area (Å²) in [6, 6.07) is 9.23. The topological polar surface area (TPSA) is 0 Å². The number of fused-ring (bicyclic) bond motifs is 1. The van der Waals surface area contributed by atoms with E-state index < -0.39 is 0 Å². The zero-order valence-electron chi connectivity index (χ0n) is 21.3. The second-order valence-electron chi connectivity index (χ2n) is 12.6. The Balaban J connectivity index is 3.02. The summed E-state index contributed by atoms with van der Waals surface area (Å²) in [4.78, 5) is 0. The minimum absolute atomic E-state index is 0.0411. The van der Waals surface area contributed by atoms with Crippen molar-refractivity contribution in [1.82, 2.24) is 0 Å². The third-order valence-electron chi connectivity index (χ3n) is 4.95. The molecule has 0 bridgehead atoms. The Morgan fingerprint density at radius 3 is 1.00 bits per heavy atom. The summed E-state index contributed by atoms with van der Waals surface area (Å²) >= 11 is 0. The summed E-state index contributed by atoms with van der Waals surface area (Å²) in [7, 11) is 0. The van der Waals surface area contributed by atoms with Crippen molar-refractivity contribution >= 4 is 10.8 Å². The maximum absolute atomic E-state index is 3.52. The van der Waals surface area contributed by atoms with Gasteiger partial charge in [0.25, 0.3) is 0 Å². The van der Waals surface area contributed by atoms with Crippen LogP contribution in [0.5, 0.6) is 0 Å². The molecule has 0 heterocycles. The minimum Gasteiger partial charge on any atom is -0.0919 e. The Labute approximate surface area is 185 Å². The highest BCUT2D eigenvalue weighted by atomic mass is 14.2. The van der Waals surface area contributed by atoms with E-state index in [0.717, 1.165) is 11.1 Å². The van der Waals surface area contributed by atoms with Crippen molar-refractivity contribution in [2.24, 2.45) is 10.8 Å². The fourth-order valence-electron chi connectivity index (χ4n) is 3.04. The molecular weight excluding hydrogens is 360 g/mol. The average molecular weight is 401 g/mol. The highest BCUT2D eigenvalue weighted by Crippen LogP contribution is 2.34. The molecule has 2 aromatic rings. The maximum Gasteiger partial charge on any atom is 0.0327 e. The Morgan fingerprint density at radius 1 is 0.467 bits per heavy atom. The van der Waals surface area contributed by atoms with E-state index in [9.17, 15) is 0 Å². The lowest BCUT2D eigenvalue weighted by Gasteiger charge is -2.24. The molecule has 2 rings (SSSR count). The van der Waals surface area contributed by atoms with Crippen molar-refractivity contribution in [2.45, 2.75) is 93.9 Å². The quantitative estimate of drug-likeness (QED) is 0.391. The van der Waals surface area contributed by atoms with Crippen LogP contribution in [-0.4, -0.2) is 0 Å². The average Bonchev–Trinajstić information content (AvgIpc) is 2.53. The molecule has 0 radical (unpaired) electrons. The van der Waals surface area contributed by atoms with Gasteiger partial charge in [-0.25, -0.2) is 0 Å². The fraction of sp³-hybridized carbons (Fsp3) is 0.533. The molecule has 2 aromatic carbocycles. The standard InChI is InChI=1S/C30H40/c1-27(2,3)15-13-21-17-23(29(7,8)9)20-26-22(14-16-28(4,5)6)18-24(19-25(21)26)30(10,11)12/h17-20H,1-12H3. The molecule has 0 nitrogen and oxygen atoms in total. The Morgan fingerprint density at radius 2 is 0.767 bits per heavy atom. The molecular formula is C30H40. The van der Waals surface area contributed by atoms with E-state index in [0.29, 0.717) is 0 Å². The third kappa shape index (κ3) is 6.41. The summed E-state index contributed by atoms with van der Waals surface area (Å²) in [5, 5.41) is 2.43. The Hall–Kier alpha value is -2.18. The summed E-state index contributed by atoms with van der Waals surface area (Å²) in [5.74, 6) is 14.0. The second kappa shape index (κ2) is 7.82. The Bertz CT molecular complexity index is 969. The van der Waals surface area contributed by atoms with Crippen LogP contribution < -0.4 is 0 Å². The number of rotatable bonds is 0. The van der Waals surface area contributed by atoms with Crippen LogP contribution in [0.1, 0.15) is 105 Å². The van der Waals surface area contributed by atoms with Gasteiger partial charge in [0.15, 0.2) is 0 Å². The van der Waals surface area contributed by atoms with Gasteiger partial charge in [-0.15, -0.1) is 0 Å². The molecule has 0 aliphatic rings. The van der Waals surface area contributed by atoms with E-state index in [-0.39, 0.29) is 21.7 Å². The predicted octanol–water partition coefficient (Wildman–Crippen LogP) is 8.23. The summed E-state index contributed by atoms with van der Waals surface area (Å²) in [6.45, 7) is 26.6. The molecule has 0 spiro atoms. The first-order valence-electron chi connectivity index (χ1n) is 11.1. The lowest BCUT2D eigenvalue weighted by molar-refractivity contribution is 0.570. The summed E-state index contributed by atoms with van der Waals surface area (Å²) in [6.07, 6.45) is 0. The number of hydrogen-bond acceptors (Lipinski definition) is 0. The first-order chi connectivity index (χ1) is 13.4. The van der Waals surface area contributed by atoms with Crippen molar-refractivity contribution < 1.29 is 0 Å². The van der Waals surface area contributed by atoms with Crippen LogP contribution in [0.4, 0.5) is 0 Å². The lowest BCUT2D eigenvalue weighted by atomic mass is 9.80. The smallest absolute Gasteiger partial charge is 0.0327 e. The molecule has 0 heteroatoms. The normalized spacial score (nSPS) is 12.8. The van der Waals surface area contributed by atoms with Gasteiger partial charge >= 0.3 is 0 Å². The van der Waals surface area contributed by atoms with Crippen molar-refractivity contribution in [3.63, 3.8) is 0 Å². The molecule has 0 unspecified atom stereocenters. The van der Waals surface area contributed by atoms with Gasteiger partial charge in [-0.1, -0.05) is 65.2 Å². The van der Waals surface area contributed by atoms with E-state index in [1.54, 1.807) is 0 Å². The maximum atomic E-state index is 3.52. The van der Waals surface area contributed by atoms with Crippen LogP contribution in [0.15, 0.2) is 24.3 Å². The second-order valence-corrected chi connectivity index (χ2v) is 12.6. The van der Waals surface area contributed by atoms with Gasteiger partial charge in [0.1, 0.15) is 0 Å². The van der Waals surface area contributed by atoms with Crippen LogP contribution in [-0.2, 0) is 10.8 Å². The van der Waals surface area contributed by atoms with Crippen LogP contribution in [0.2, 0.25) is 0 Å². The summed E-state index contributed by atoms with van der Waals surface area (Å²) in [5.41, 5.74) is 4.83. The van der Waals surface area contributed by atoms with E-state index in [4.69, 9.17) is 0 Å². The Kier molecular flexibility index (Phi) is 6.28. The number of hydrogen-bond donors (Lipinski definition) is 0. The fourth-order valence-corrected chi connectivity index (χ4v) is 3.04. The molecule has 0 aromatic heterocycles. The molecule has 30 heavy (non-hydrogen) atoms. The SMILES string of the molecule is CC(C)(C)C#Cc1cc(C(C)(C)C)cc2c(C#CC(C)(C)C)cc(C(C)(C)C)cc12. The van der Waals surface area contributed by atoms with Gasteiger partial charge in [-0.05, 0) is 98.5 Å². The molecule has 0 amide bonds. The first kappa shape index (κ1) is 24.1. The molecule has 0 fully saturated rings. The first-order valence-corrected chi connectivity index (χ1v) is 11.1. The van der Waals surface area contributed by atoms with Gasteiger partial charge in [0.2, 0.25) is 0 Å². The van der Waals surface area contributed by atoms with E-state index in [2.05, 4.69) is 131 Å². The number of benzene rings is 2. The predicted molar refractivity (Wildman–Crippen MR) is 134 cm³/mol. The molecule has 0 aliphatic heterocycles. The van der Waals surface area contributed by atoms with Crippen LogP contribution in [0.3, 0.4) is 0 Å². The van der Waals surface area contributed by atoms with Gasteiger partial charge in [0, 0.05) is 22.0 Å². The van der Waals surface area contributed by atoms with Crippen molar-refractivity contribution in [3.05, 3.63) is 46.5 Å². The highest BCUT2D eigenvalue weighted by molar-refractivity contribution is 5.94.